The number of fused-ring (bicyclic) bond motifs is 1. The van der Waals surface area contributed by atoms with Crippen molar-refractivity contribution < 1.29 is 23.9 Å². The molecule has 0 aliphatic carbocycles. The van der Waals surface area contributed by atoms with Crippen molar-refractivity contribution in [3.8, 4) is 11.5 Å². The summed E-state index contributed by atoms with van der Waals surface area (Å²) in [4.78, 5) is 14.6. The highest BCUT2D eigenvalue weighted by molar-refractivity contribution is 5.96. The van der Waals surface area contributed by atoms with E-state index in [4.69, 9.17) is 14.2 Å². The van der Waals surface area contributed by atoms with E-state index < -0.39 is 0 Å². The first-order chi connectivity index (χ1) is 13.1. The minimum Gasteiger partial charge on any atom is -0.454 e. The number of hydrogen-bond donors (Lipinski definition) is 2. The Labute approximate surface area is 159 Å². The SMILES string of the molecule is Cc1cccc(C)c1NC(=O)[C@@H](c1ccc2c(c1)OCO2)[NH+]1CCOCC1. The number of nitrogens with one attached hydrogen (secondary N) is 2. The van der Waals surface area contributed by atoms with Gasteiger partial charge in [-0.25, -0.2) is 0 Å². The van der Waals surface area contributed by atoms with E-state index in [-0.39, 0.29) is 18.7 Å². The van der Waals surface area contributed by atoms with E-state index in [0.717, 1.165) is 41.2 Å². The Bertz CT molecular complexity index is 826. The minimum absolute atomic E-state index is 0.0110. The van der Waals surface area contributed by atoms with E-state index in [1.54, 1.807) is 0 Å². The van der Waals surface area contributed by atoms with Crippen molar-refractivity contribution >= 4 is 11.6 Å². The fourth-order valence-electron chi connectivity index (χ4n) is 3.79. The van der Waals surface area contributed by atoms with Crippen LogP contribution in [0.5, 0.6) is 11.5 Å². The lowest BCUT2D eigenvalue weighted by molar-refractivity contribution is -0.929. The Morgan fingerprint density at radius 2 is 1.74 bits per heavy atom. The Hall–Kier alpha value is -2.57. The van der Waals surface area contributed by atoms with Gasteiger partial charge >= 0.3 is 0 Å². The summed E-state index contributed by atoms with van der Waals surface area (Å²) in [6, 6.07) is 11.5. The summed E-state index contributed by atoms with van der Waals surface area (Å²) >= 11 is 0. The van der Waals surface area contributed by atoms with Gasteiger partial charge in [0.25, 0.3) is 5.91 Å². The van der Waals surface area contributed by atoms with Crippen LogP contribution in [0.25, 0.3) is 0 Å². The number of anilines is 1. The minimum atomic E-state index is -0.331. The summed E-state index contributed by atoms with van der Waals surface area (Å²) in [5.74, 6) is 1.41. The first-order valence-corrected chi connectivity index (χ1v) is 9.32. The molecule has 2 aromatic rings. The lowest BCUT2D eigenvalue weighted by Crippen LogP contribution is -3.15. The molecule has 6 heteroatoms. The molecule has 0 bridgehead atoms. The molecule has 2 aliphatic rings. The van der Waals surface area contributed by atoms with E-state index in [1.165, 1.54) is 4.90 Å². The number of aryl methyl sites for hydroxylation is 2. The van der Waals surface area contributed by atoms with Crippen LogP contribution >= 0.6 is 0 Å². The number of quaternary nitrogens is 1. The van der Waals surface area contributed by atoms with E-state index in [1.807, 2.05) is 50.2 Å². The van der Waals surface area contributed by atoms with E-state index in [0.29, 0.717) is 19.0 Å². The van der Waals surface area contributed by atoms with Gasteiger partial charge in [-0.2, -0.15) is 0 Å². The summed E-state index contributed by atoms with van der Waals surface area (Å²) in [5, 5.41) is 3.17. The lowest BCUT2D eigenvalue weighted by atomic mass is 10.0. The van der Waals surface area contributed by atoms with Crippen LogP contribution in [-0.2, 0) is 9.53 Å². The smallest absolute Gasteiger partial charge is 0.287 e. The van der Waals surface area contributed by atoms with Gasteiger partial charge in [-0.3, -0.25) is 4.79 Å². The third-order valence-electron chi connectivity index (χ3n) is 5.26. The number of amides is 1. The van der Waals surface area contributed by atoms with Crippen molar-refractivity contribution in [2.75, 3.05) is 38.4 Å². The highest BCUT2D eigenvalue weighted by atomic mass is 16.7. The van der Waals surface area contributed by atoms with E-state index >= 15 is 0 Å². The highest BCUT2D eigenvalue weighted by Gasteiger charge is 2.34. The van der Waals surface area contributed by atoms with Crippen LogP contribution in [0.4, 0.5) is 5.69 Å². The van der Waals surface area contributed by atoms with Crippen molar-refractivity contribution in [2.24, 2.45) is 0 Å². The zero-order valence-electron chi connectivity index (χ0n) is 15.7. The van der Waals surface area contributed by atoms with Crippen molar-refractivity contribution in [1.82, 2.24) is 0 Å². The number of carbonyl (C=O) groups is 1. The van der Waals surface area contributed by atoms with Gasteiger partial charge in [0.05, 0.1) is 13.2 Å². The Morgan fingerprint density at radius 3 is 2.48 bits per heavy atom. The second kappa shape index (κ2) is 7.58. The average Bonchev–Trinajstić information content (AvgIpc) is 3.14. The Morgan fingerprint density at radius 1 is 1.04 bits per heavy atom. The van der Waals surface area contributed by atoms with Crippen LogP contribution in [0, 0.1) is 13.8 Å². The maximum absolute atomic E-state index is 13.4. The van der Waals surface area contributed by atoms with Gasteiger partial charge in [0.1, 0.15) is 13.1 Å². The predicted molar refractivity (Wildman–Crippen MR) is 101 cm³/mol. The Balaban J connectivity index is 1.66. The van der Waals surface area contributed by atoms with Gasteiger partial charge in [0.15, 0.2) is 17.5 Å². The van der Waals surface area contributed by atoms with Gasteiger partial charge in [0, 0.05) is 11.3 Å². The lowest BCUT2D eigenvalue weighted by Gasteiger charge is -2.31. The molecular weight excluding hydrogens is 344 g/mol. The van der Waals surface area contributed by atoms with Crippen molar-refractivity contribution in [2.45, 2.75) is 19.9 Å². The molecule has 2 aliphatic heterocycles. The van der Waals surface area contributed by atoms with Crippen LogP contribution in [0.3, 0.4) is 0 Å². The third kappa shape index (κ3) is 3.63. The number of benzene rings is 2. The molecule has 1 amide bonds. The summed E-state index contributed by atoms with van der Waals surface area (Å²) in [6.07, 6.45) is 0. The third-order valence-corrected chi connectivity index (χ3v) is 5.26. The largest absolute Gasteiger partial charge is 0.454 e. The molecule has 27 heavy (non-hydrogen) atoms. The summed E-state index contributed by atoms with van der Waals surface area (Å²) in [5.41, 5.74) is 3.94. The first kappa shape index (κ1) is 17.8. The van der Waals surface area contributed by atoms with Gasteiger partial charge < -0.3 is 24.4 Å². The van der Waals surface area contributed by atoms with Crippen LogP contribution < -0.4 is 19.7 Å². The normalized spacial score (nSPS) is 17.6. The van der Waals surface area contributed by atoms with E-state index in [9.17, 15) is 4.79 Å². The highest BCUT2D eigenvalue weighted by Crippen LogP contribution is 2.34. The molecule has 2 heterocycles. The molecule has 0 unspecified atom stereocenters. The van der Waals surface area contributed by atoms with Crippen molar-refractivity contribution in [1.29, 1.82) is 0 Å². The van der Waals surface area contributed by atoms with Gasteiger partial charge in [-0.05, 0) is 43.2 Å². The summed E-state index contributed by atoms with van der Waals surface area (Å²) in [7, 11) is 0. The second-order valence-corrected chi connectivity index (χ2v) is 7.07. The van der Waals surface area contributed by atoms with E-state index in [2.05, 4.69) is 5.32 Å². The van der Waals surface area contributed by atoms with Crippen molar-refractivity contribution in [3.05, 3.63) is 53.1 Å². The molecule has 1 atom stereocenters. The maximum Gasteiger partial charge on any atom is 0.287 e. The summed E-state index contributed by atoms with van der Waals surface area (Å²) < 4.78 is 16.4. The zero-order chi connectivity index (χ0) is 18.8. The summed E-state index contributed by atoms with van der Waals surface area (Å²) in [6.45, 7) is 7.15. The fourth-order valence-corrected chi connectivity index (χ4v) is 3.79. The fraction of sp³-hybridized carbons (Fsp3) is 0.381. The van der Waals surface area contributed by atoms with Crippen LogP contribution in [-0.4, -0.2) is 39.0 Å². The molecule has 1 fully saturated rings. The molecule has 6 nitrogen and oxygen atoms in total. The second-order valence-electron chi connectivity index (χ2n) is 7.07. The topological polar surface area (TPSA) is 61.2 Å². The number of ether oxygens (including phenoxy) is 3. The average molecular weight is 369 g/mol. The quantitative estimate of drug-likeness (QED) is 0.860. The number of hydrogen-bond acceptors (Lipinski definition) is 4. The van der Waals surface area contributed by atoms with Crippen molar-refractivity contribution in [3.63, 3.8) is 0 Å². The zero-order valence-corrected chi connectivity index (χ0v) is 15.7. The molecule has 0 spiro atoms. The first-order valence-electron chi connectivity index (χ1n) is 9.32. The molecular formula is C21H25N2O4+. The monoisotopic (exact) mass is 369 g/mol. The number of carbonyl (C=O) groups excluding carboxylic acids is 1. The maximum atomic E-state index is 13.4. The van der Waals surface area contributed by atoms with Crippen LogP contribution in [0.15, 0.2) is 36.4 Å². The standard InChI is InChI=1S/C21H24N2O4/c1-14-4-3-5-15(2)19(14)22-21(24)20(23-8-10-25-11-9-23)16-6-7-17-18(12-16)27-13-26-17/h3-7,12,20H,8-11,13H2,1-2H3,(H,22,24)/p+1/t20-/m1/s1. The van der Waals surface area contributed by atoms with Gasteiger partial charge in [0.2, 0.25) is 6.79 Å². The molecule has 2 N–H and O–H groups in total. The van der Waals surface area contributed by atoms with Crippen LogP contribution in [0.2, 0.25) is 0 Å². The molecule has 4 rings (SSSR count). The van der Waals surface area contributed by atoms with Gasteiger partial charge in [-0.15, -0.1) is 0 Å². The van der Waals surface area contributed by atoms with Crippen LogP contribution in [0.1, 0.15) is 22.7 Å². The molecule has 0 aromatic heterocycles. The number of morpholine rings is 1. The number of para-hydroxylation sites is 1. The van der Waals surface area contributed by atoms with Gasteiger partial charge in [-0.1, -0.05) is 18.2 Å². The Kier molecular flexibility index (Phi) is 5.01. The number of rotatable bonds is 4. The molecule has 142 valence electrons. The molecule has 1 saturated heterocycles. The molecule has 0 radical (unpaired) electrons. The molecule has 0 saturated carbocycles. The predicted octanol–water partition coefficient (Wildman–Crippen LogP) is 1.63. The molecule has 2 aromatic carbocycles.